The van der Waals surface area contributed by atoms with Gasteiger partial charge in [-0.2, -0.15) is 0 Å². The topological polar surface area (TPSA) is 94.3 Å². The van der Waals surface area contributed by atoms with Gasteiger partial charge in [0.15, 0.2) is 11.5 Å². The molecule has 0 radical (unpaired) electrons. The molecule has 1 aromatic rings. The molecule has 2 N–H and O–H groups in total. The highest BCUT2D eigenvalue weighted by Gasteiger charge is 2.34. The average Bonchev–Trinajstić information content (AvgIpc) is 2.78. The highest BCUT2D eigenvalue weighted by Crippen LogP contribution is 2.40. The van der Waals surface area contributed by atoms with Crippen LogP contribution in [0.15, 0.2) is 53.5 Å². The molecule has 2 aliphatic rings. The monoisotopic (exact) mass is 441 g/mol. The number of ether oxygens (including phenoxy) is 3. The summed E-state index contributed by atoms with van der Waals surface area (Å²) < 4.78 is 16.2. The van der Waals surface area contributed by atoms with E-state index < -0.39 is 11.3 Å². The number of hydrogen-bond donors (Lipinski definition) is 1. The lowest BCUT2D eigenvalue weighted by molar-refractivity contribution is -0.115. The number of primary amides is 1. The fourth-order valence-corrected chi connectivity index (χ4v) is 3.83. The minimum Gasteiger partial charge on any atom is -0.493 e. The van der Waals surface area contributed by atoms with E-state index in [9.17, 15) is 9.59 Å². The number of hydrogen-bond acceptors (Lipinski definition) is 6. The molecule has 1 aliphatic carbocycles. The van der Waals surface area contributed by atoms with E-state index in [-0.39, 0.29) is 6.09 Å². The largest absolute Gasteiger partial charge is 0.493 e. The van der Waals surface area contributed by atoms with Gasteiger partial charge in [-0.05, 0) is 49.4 Å². The Kier molecular flexibility index (Phi) is 7.25. The second kappa shape index (κ2) is 9.91. The van der Waals surface area contributed by atoms with Crippen molar-refractivity contribution in [2.75, 3.05) is 47.4 Å². The van der Waals surface area contributed by atoms with Gasteiger partial charge in [0, 0.05) is 37.2 Å². The van der Waals surface area contributed by atoms with Crippen molar-refractivity contribution in [2.45, 2.75) is 13.3 Å². The first-order valence-electron chi connectivity index (χ1n) is 10.5. The molecule has 1 heterocycles. The van der Waals surface area contributed by atoms with Crippen molar-refractivity contribution in [1.82, 2.24) is 9.80 Å². The lowest BCUT2D eigenvalue weighted by atomic mass is 9.75. The minimum absolute atomic E-state index is 0.355. The number of nitrogens with two attached hydrogens (primary N) is 1. The van der Waals surface area contributed by atoms with Crippen LogP contribution in [-0.4, -0.2) is 69.2 Å². The van der Waals surface area contributed by atoms with Gasteiger partial charge in [-0.25, -0.2) is 4.79 Å². The Bertz CT molecular complexity index is 943. The fourth-order valence-electron chi connectivity index (χ4n) is 3.83. The summed E-state index contributed by atoms with van der Waals surface area (Å²) in [5.74, 6) is 1.11. The first-order chi connectivity index (χ1) is 15.3. The van der Waals surface area contributed by atoms with Crippen LogP contribution >= 0.6 is 0 Å². The first kappa shape index (κ1) is 23.4. The Morgan fingerprint density at radius 2 is 1.66 bits per heavy atom. The molecule has 1 aromatic carbocycles. The molecule has 1 fully saturated rings. The Labute approximate surface area is 188 Å². The van der Waals surface area contributed by atoms with Gasteiger partial charge < -0.3 is 29.7 Å². The molecule has 8 heteroatoms. The van der Waals surface area contributed by atoms with Gasteiger partial charge in [-0.15, -0.1) is 0 Å². The van der Waals surface area contributed by atoms with E-state index in [2.05, 4.69) is 4.90 Å². The number of carbonyl (C=O) groups excluding carboxylic acids is 2. The zero-order valence-electron chi connectivity index (χ0n) is 19.1. The molecule has 172 valence electrons. The summed E-state index contributed by atoms with van der Waals surface area (Å²) in [4.78, 5) is 28.6. The maximum absolute atomic E-state index is 12.4. The van der Waals surface area contributed by atoms with Crippen molar-refractivity contribution < 1.29 is 23.8 Å². The van der Waals surface area contributed by atoms with E-state index in [1.54, 1.807) is 49.5 Å². The predicted molar refractivity (Wildman–Crippen MR) is 122 cm³/mol. The second-order valence-electron chi connectivity index (χ2n) is 8.26. The molecule has 32 heavy (non-hydrogen) atoms. The molecular weight excluding hydrogens is 410 g/mol. The van der Waals surface area contributed by atoms with Crippen LogP contribution in [0, 0.1) is 5.41 Å². The third-order valence-corrected chi connectivity index (χ3v) is 5.88. The van der Waals surface area contributed by atoms with Crippen LogP contribution < -0.4 is 10.5 Å². The maximum atomic E-state index is 12.4. The van der Waals surface area contributed by atoms with Crippen LogP contribution in [-0.2, 0) is 14.3 Å². The number of rotatable bonds is 6. The van der Waals surface area contributed by atoms with E-state index >= 15 is 0 Å². The van der Waals surface area contributed by atoms with Crippen LogP contribution in [0.4, 0.5) is 4.79 Å². The lowest BCUT2D eigenvalue weighted by Gasteiger charge is -2.31. The zero-order valence-corrected chi connectivity index (χ0v) is 19.1. The molecule has 1 saturated heterocycles. The highest BCUT2D eigenvalue weighted by atomic mass is 16.6. The predicted octanol–water partition coefficient (Wildman–Crippen LogP) is 2.77. The smallest absolute Gasteiger partial charge is 0.415 e. The van der Waals surface area contributed by atoms with Crippen LogP contribution in [0.25, 0.3) is 6.08 Å². The molecule has 0 saturated carbocycles. The number of benzene rings is 1. The summed E-state index contributed by atoms with van der Waals surface area (Å²) in [6.45, 7) is 4.87. The summed E-state index contributed by atoms with van der Waals surface area (Å²) in [7, 11) is 5.16. The summed E-state index contributed by atoms with van der Waals surface area (Å²) in [6, 6.07) is 7.00. The number of nitrogens with zero attached hydrogens (tertiary/aromatic N) is 2. The number of methoxy groups -OCH3 is 2. The molecule has 0 aromatic heterocycles. The third kappa shape index (κ3) is 5.31. The Hall–Kier alpha value is -3.26. The normalized spacial score (nSPS) is 22.0. The van der Waals surface area contributed by atoms with Gasteiger partial charge >= 0.3 is 6.09 Å². The van der Waals surface area contributed by atoms with Gasteiger partial charge in [0.2, 0.25) is 5.91 Å². The number of carbonyl (C=O) groups is 2. The highest BCUT2D eigenvalue weighted by molar-refractivity contribution is 5.98. The van der Waals surface area contributed by atoms with E-state index in [0.29, 0.717) is 42.4 Å². The quantitative estimate of drug-likeness (QED) is 0.683. The molecule has 1 aliphatic heterocycles. The number of amides is 2. The van der Waals surface area contributed by atoms with Crippen LogP contribution in [0.3, 0.4) is 0 Å². The molecule has 8 nitrogen and oxygen atoms in total. The van der Waals surface area contributed by atoms with Crippen LogP contribution in [0.2, 0.25) is 0 Å². The SMILES string of the molecule is COC1=CCC(C)(/C(=C\c2ccc(OC(=O)N3CCN(C)CC3)cc2)C(N)=O)C=C1OC. The molecule has 0 bridgehead atoms. The standard InChI is InChI=1S/C24H31N3O5/c1-24(10-9-20(30-3)21(16-24)31-4)19(22(25)28)15-17-5-7-18(8-6-17)32-23(29)27-13-11-26(2)12-14-27/h5-9,15-16H,10-14H2,1-4H3,(H2,25,28)/b19-15-. The summed E-state index contributed by atoms with van der Waals surface area (Å²) >= 11 is 0. The second-order valence-corrected chi connectivity index (χ2v) is 8.26. The molecule has 1 unspecified atom stereocenters. The number of piperazine rings is 1. The lowest BCUT2D eigenvalue weighted by Crippen LogP contribution is -2.48. The van der Waals surface area contributed by atoms with Gasteiger partial charge in [0.25, 0.3) is 0 Å². The Morgan fingerprint density at radius 3 is 2.22 bits per heavy atom. The van der Waals surface area contributed by atoms with Crippen LogP contribution in [0.5, 0.6) is 5.75 Å². The van der Waals surface area contributed by atoms with Gasteiger partial charge in [0.1, 0.15) is 5.75 Å². The van der Waals surface area contributed by atoms with Crippen molar-refractivity contribution in [1.29, 1.82) is 0 Å². The van der Waals surface area contributed by atoms with Crippen molar-refractivity contribution in [3.63, 3.8) is 0 Å². The summed E-state index contributed by atoms with van der Waals surface area (Å²) in [5, 5.41) is 0. The Balaban J connectivity index is 1.76. The molecule has 2 amide bonds. The van der Waals surface area contributed by atoms with E-state index in [1.807, 2.05) is 26.1 Å². The van der Waals surface area contributed by atoms with Gasteiger partial charge in [-0.1, -0.05) is 19.1 Å². The van der Waals surface area contributed by atoms with Gasteiger partial charge in [-0.3, -0.25) is 4.79 Å². The molecule has 0 spiro atoms. The minimum atomic E-state index is -0.647. The maximum Gasteiger partial charge on any atom is 0.415 e. The van der Waals surface area contributed by atoms with Crippen molar-refractivity contribution in [3.8, 4) is 5.75 Å². The Morgan fingerprint density at radius 1 is 1.03 bits per heavy atom. The fraction of sp³-hybridized carbons (Fsp3) is 0.417. The first-order valence-corrected chi connectivity index (χ1v) is 10.5. The molecule has 1 atom stereocenters. The van der Waals surface area contributed by atoms with Crippen molar-refractivity contribution in [3.05, 3.63) is 59.1 Å². The molecular formula is C24H31N3O5. The summed E-state index contributed by atoms with van der Waals surface area (Å²) in [6.07, 6.45) is 5.68. The average molecular weight is 442 g/mol. The van der Waals surface area contributed by atoms with E-state index in [1.165, 1.54) is 0 Å². The molecule has 3 rings (SSSR count). The van der Waals surface area contributed by atoms with Crippen molar-refractivity contribution in [2.24, 2.45) is 11.1 Å². The van der Waals surface area contributed by atoms with E-state index in [4.69, 9.17) is 19.9 Å². The third-order valence-electron chi connectivity index (χ3n) is 5.88. The number of allylic oxidation sites excluding steroid dienone is 2. The summed E-state index contributed by atoms with van der Waals surface area (Å²) in [5.41, 5.74) is 6.30. The van der Waals surface area contributed by atoms with Crippen molar-refractivity contribution >= 4 is 18.1 Å². The zero-order chi connectivity index (χ0) is 23.3. The van der Waals surface area contributed by atoms with E-state index in [0.717, 1.165) is 18.7 Å². The number of likely N-dealkylation sites (N-methyl/N-ethyl adjacent to an activating group) is 1. The van der Waals surface area contributed by atoms with Crippen LogP contribution in [0.1, 0.15) is 18.9 Å². The van der Waals surface area contributed by atoms with Gasteiger partial charge in [0.05, 0.1) is 14.2 Å².